The Bertz CT molecular complexity index is 432. The zero-order valence-corrected chi connectivity index (χ0v) is 10.6. The first-order chi connectivity index (χ1) is 8.49. The fourth-order valence-electron chi connectivity index (χ4n) is 2.21. The summed E-state index contributed by atoms with van der Waals surface area (Å²) in [7, 11) is 0. The van der Waals surface area contributed by atoms with Gasteiger partial charge >= 0.3 is 5.95 Å². The Labute approximate surface area is 105 Å². The van der Waals surface area contributed by atoms with Gasteiger partial charge in [-0.15, -0.1) is 0 Å². The number of rotatable bonds is 6. The molecule has 1 aliphatic heterocycles. The third-order valence-electron chi connectivity index (χ3n) is 3.24. The molecule has 1 N–H and O–H groups in total. The van der Waals surface area contributed by atoms with E-state index in [2.05, 4.69) is 23.7 Å². The van der Waals surface area contributed by atoms with Crippen LogP contribution in [0.5, 0.6) is 0 Å². The molecule has 0 saturated carbocycles. The predicted octanol–water partition coefficient (Wildman–Crippen LogP) is 0.492. The summed E-state index contributed by atoms with van der Waals surface area (Å²) in [5.74, 6) is 0.361. The van der Waals surface area contributed by atoms with E-state index in [0.717, 1.165) is 6.54 Å². The highest BCUT2D eigenvalue weighted by Crippen LogP contribution is 2.25. The van der Waals surface area contributed by atoms with E-state index >= 15 is 0 Å². The van der Waals surface area contributed by atoms with Gasteiger partial charge in [-0.25, -0.2) is 4.57 Å². The van der Waals surface area contributed by atoms with Gasteiger partial charge in [0.05, 0.1) is 12.6 Å². The Hall–Kier alpha value is -1.47. The number of hydrogen-bond acceptors (Lipinski definition) is 5. The van der Waals surface area contributed by atoms with Crippen molar-refractivity contribution in [3.63, 3.8) is 0 Å². The lowest BCUT2D eigenvalue weighted by molar-refractivity contribution is -0.397. The van der Waals surface area contributed by atoms with E-state index in [4.69, 9.17) is 0 Å². The van der Waals surface area contributed by atoms with Crippen LogP contribution in [0.2, 0.25) is 0 Å². The van der Waals surface area contributed by atoms with Crippen LogP contribution in [-0.4, -0.2) is 49.7 Å². The molecular formula is C11H18N4O3. The van der Waals surface area contributed by atoms with E-state index < -0.39 is 11.0 Å². The molecule has 1 aliphatic rings. The maximum Gasteiger partial charge on any atom is 0.434 e. The molecule has 0 amide bonds. The van der Waals surface area contributed by atoms with Crippen LogP contribution in [0.15, 0.2) is 12.4 Å². The first kappa shape index (κ1) is 13.0. The van der Waals surface area contributed by atoms with E-state index in [1.807, 2.05) is 0 Å². The van der Waals surface area contributed by atoms with Crippen LogP contribution >= 0.6 is 0 Å². The molecule has 7 nitrogen and oxygen atoms in total. The van der Waals surface area contributed by atoms with Gasteiger partial charge in [0.1, 0.15) is 12.4 Å². The van der Waals surface area contributed by atoms with E-state index in [9.17, 15) is 15.2 Å². The fourth-order valence-corrected chi connectivity index (χ4v) is 2.21. The smallest absolute Gasteiger partial charge is 0.390 e. The van der Waals surface area contributed by atoms with Crippen molar-refractivity contribution in [2.45, 2.75) is 32.5 Å². The van der Waals surface area contributed by atoms with Crippen molar-refractivity contribution >= 4 is 5.95 Å². The van der Waals surface area contributed by atoms with E-state index in [1.54, 1.807) is 0 Å². The lowest BCUT2D eigenvalue weighted by Crippen LogP contribution is -2.26. The zero-order chi connectivity index (χ0) is 13.3. The SMILES string of the molecule is CC(C)C1CN1CC(O)Cn1ccnc1[N+](=O)[O-]. The van der Waals surface area contributed by atoms with Gasteiger partial charge in [0.25, 0.3) is 0 Å². The Morgan fingerprint density at radius 1 is 1.61 bits per heavy atom. The highest BCUT2D eigenvalue weighted by molar-refractivity contribution is 5.06. The molecule has 1 aromatic rings. The van der Waals surface area contributed by atoms with Crippen LogP contribution in [0.3, 0.4) is 0 Å². The van der Waals surface area contributed by atoms with Crippen LogP contribution in [0, 0.1) is 16.0 Å². The van der Waals surface area contributed by atoms with E-state index in [-0.39, 0.29) is 12.5 Å². The minimum absolute atomic E-state index is 0.206. The Balaban J connectivity index is 1.86. The highest BCUT2D eigenvalue weighted by atomic mass is 16.6. The van der Waals surface area contributed by atoms with Crippen LogP contribution in [-0.2, 0) is 6.54 Å². The molecule has 0 aliphatic carbocycles. The molecule has 2 rings (SSSR count). The number of hydrogen-bond donors (Lipinski definition) is 1. The molecule has 100 valence electrons. The van der Waals surface area contributed by atoms with Gasteiger partial charge in [0, 0.05) is 19.1 Å². The average Bonchev–Trinajstić information content (AvgIpc) is 2.87. The minimum Gasteiger partial charge on any atom is -0.390 e. The van der Waals surface area contributed by atoms with Gasteiger partial charge in [0.2, 0.25) is 0 Å². The lowest BCUT2D eigenvalue weighted by Gasteiger charge is -2.12. The van der Waals surface area contributed by atoms with E-state index in [1.165, 1.54) is 17.0 Å². The van der Waals surface area contributed by atoms with Crippen molar-refractivity contribution in [1.29, 1.82) is 0 Å². The van der Waals surface area contributed by atoms with Crippen molar-refractivity contribution in [1.82, 2.24) is 14.5 Å². The van der Waals surface area contributed by atoms with Gasteiger partial charge in [-0.1, -0.05) is 18.8 Å². The van der Waals surface area contributed by atoms with Crippen LogP contribution in [0.1, 0.15) is 13.8 Å². The van der Waals surface area contributed by atoms with Gasteiger partial charge in [0.15, 0.2) is 0 Å². The van der Waals surface area contributed by atoms with Gasteiger partial charge in [-0.3, -0.25) is 4.90 Å². The summed E-state index contributed by atoms with van der Waals surface area (Å²) < 4.78 is 1.37. The number of imidazole rings is 1. The highest BCUT2D eigenvalue weighted by Gasteiger charge is 2.37. The molecule has 7 heteroatoms. The quantitative estimate of drug-likeness (QED) is 0.454. The lowest BCUT2D eigenvalue weighted by atomic mass is 10.1. The van der Waals surface area contributed by atoms with Crippen molar-refractivity contribution < 1.29 is 10.0 Å². The zero-order valence-electron chi connectivity index (χ0n) is 10.6. The summed E-state index contributed by atoms with van der Waals surface area (Å²) in [6.45, 7) is 6.06. The summed E-state index contributed by atoms with van der Waals surface area (Å²) in [6.07, 6.45) is 2.28. The molecule has 0 radical (unpaired) electrons. The summed E-state index contributed by atoms with van der Waals surface area (Å²) in [5, 5.41) is 20.6. The molecule has 0 spiro atoms. The summed E-state index contributed by atoms with van der Waals surface area (Å²) in [4.78, 5) is 16.0. The minimum atomic E-state index is -0.610. The van der Waals surface area contributed by atoms with Crippen molar-refractivity contribution in [3.8, 4) is 0 Å². The normalized spacial score (nSPS) is 24.2. The number of aromatic nitrogens is 2. The molecule has 0 bridgehead atoms. The van der Waals surface area contributed by atoms with Crippen molar-refractivity contribution in [3.05, 3.63) is 22.5 Å². The number of aliphatic hydroxyl groups is 1. The second-order valence-corrected chi connectivity index (χ2v) is 5.06. The predicted molar refractivity (Wildman–Crippen MR) is 65.1 cm³/mol. The third-order valence-corrected chi connectivity index (χ3v) is 3.24. The first-order valence-corrected chi connectivity index (χ1v) is 6.06. The molecule has 1 saturated heterocycles. The molecule has 3 unspecified atom stereocenters. The Morgan fingerprint density at radius 2 is 2.33 bits per heavy atom. The summed E-state index contributed by atoms with van der Waals surface area (Å²) in [6, 6.07) is 0.539. The van der Waals surface area contributed by atoms with Gasteiger partial charge in [-0.05, 0) is 10.8 Å². The molecular weight excluding hydrogens is 236 g/mol. The van der Waals surface area contributed by atoms with Gasteiger partial charge in [-0.2, -0.15) is 0 Å². The number of β-amino-alcohol motifs (C(OH)–C–C–N with tert-alkyl or cyclic N) is 1. The molecule has 18 heavy (non-hydrogen) atoms. The summed E-state index contributed by atoms with van der Waals surface area (Å²) >= 11 is 0. The standard InChI is InChI=1S/C11H18N4O3/c1-8(2)10-7-14(10)6-9(16)5-13-4-3-12-11(13)15(17)18/h3-4,8-10,16H,5-7H2,1-2H3. The molecule has 3 atom stereocenters. The maximum absolute atomic E-state index is 10.7. The largest absolute Gasteiger partial charge is 0.434 e. The Morgan fingerprint density at radius 3 is 2.89 bits per heavy atom. The Kier molecular flexibility index (Phi) is 3.63. The fraction of sp³-hybridized carbons (Fsp3) is 0.727. The summed E-state index contributed by atoms with van der Waals surface area (Å²) in [5.41, 5.74) is 0. The van der Waals surface area contributed by atoms with Gasteiger partial charge < -0.3 is 15.2 Å². The molecule has 2 heterocycles. The number of nitro groups is 1. The van der Waals surface area contributed by atoms with Crippen molar-refractivity contribution in [2.24, 2.45) is 5.92 Å². The number of aliphatic hydroxyl groups excluding tert-OH is 1. The van der Waals surface area contributed by atoms with Crippen LogP contribution in [0.4, 0.5) is 5.95 Å². The third kappa shape index (κ3) is 2.85. The second-order valence-electron chi connectivity index (χ2n) is 5.06. The van der Waals surface area contributed by atoms with Crippen LogP contribution in [0.25, 0.3) is 0 Å². The second kappa shape index (κ2) is 5.03. The van der Waals surface area contributed by atoms with Crippen molar-refractivity contribution in [2.75, 3.05) is 13.1 Å². The van der Waals surface area contributed by atoms with E-state index in [0.29, 0.717) is 18.5 Å². The first-order valence-electron chi connectivity index (χ1n) is 6.06. The topological polar surface area (TPSA) is 84.2 Å². The van der Waals surface area contributed by atoms with Crippen LogP contribution < -0.4 is 0 Å². The number of nitrogens with zero attached hydrogens (tertiary/aromatic N) is 4. The maximum atomic E-state index is 10.7. The molecule has 0 aromatic carbocycles. The average molecular weight is 254 g/mol. The monoisotopic (exact) mass is 254 g/mol. The molecule has 1 fully saturated rings. The molecule has 1 aromatic heterocycles.